The molecule has 332 valence electrons. The van der Waals surface area contributed by atoms with Gasteiger partial charge in [0.25, 0.3) is 17.4 Å². The lowest BCUT2D eigenvalue weighted by atomic mass is 9.56. The van der Waals surface area contributed by atoms with Crippen LogP contribution in [0.25, 0.3) is 22.3 Å². The van der Waals surface area contributed by atoms with Gasteiger partial charge in [-0.3, -0.25) is 38.8 Å². The number of hydrogen-bond acceptors (Lipinski definition) is 10. The van der Waals surface area contributed by atoms with Crippen molar-refractivity contribution in [2.75, 3.05) is 37.6 Å². The lowest BCUT2D eigenvalue weighted by molar-refractivity contribution is -0.136. The molecular weight excluding hydrogens is 847 g/mol. The molecule has 0 bridgehead atoms. The van der Waals surface area contributed by atoms with Crippen LogP contribution in [0.1, 0.15) is 76.3 Å². The van der Waals surface area contributed by atoms with E-state index in [0.29, 0.717) is 34.2 Å². The number of benzene rings is 4. The zero-order valence-corrected chi connectivity index (χ0v) is 35.6. The maximum Gasteiger partial charge on any atom is 0.265 e. The van der Waals surface area contributed by atoms with Gasteiger partial charge in [0.1, 0.15) is 35.6 Å². The van der Waals surface area contributed by atoms with Gasteiger partial charge in [0.15, 0.2) is 11.6 Å². The van der Waals surface area contributed by atoms with Gasteiger partial charge in [0.2, 0.25) is 11.8 Å². The van der Waals surface area contributed by atoms with Crippen LogP contribution >= 0.6 is 0 Å². The molecule has 0 unspecified atom stereocenters. The highest BCUT2D eigenvalue weighted by molar-refractivity contribution is 6.23. The maximum absolute atomic E-state index is 15.1. The molecular formula is C50H42F2N8O6. The Morgan fingerprint density at radius 1 is 0.848 bits per heavy atom. The number of nitriles is 1. The molecule has 1 N–H and O–H groups in total. The van der Waals surface area contributed by atoms with E-state index in [0.717, 1.165) is 80.6 Å². The van der Waals surface area contributed by atoms with Crippen molar-refractivity contribution in [1.82, 2.24) is 29.2 Å². The summed E-state index contributed by atoms with van der Waals surface area (Å²) in [6, 6.07) is 22.6. The van der Waals surface area contributed by atoms with Gasteiger partial charge in [0.05, 0.1) is 33.4 Å². The predicted octanol–water partition coefficient (Wildman–Crippen LogP) is 6.62. The van der Waals surface area contributed by atoms with Crippen molar-refractivity contribution in [2.24, 2.45) is 11.3 Å². The Morgan fingerprint density at radius 3 is 2.33 bits per heavy atom. The largest absolute Gasteiger partial charge is 0.453 e. The molecule has 3 saturated heterocycles. The Hall–Kier alpha value is -7.51. The molecule has 1 spiro atoms. The number of carbonyl (C=O) groups is 4. The second-order valence-corrected chi connectivity index (χ2v) is 18.3. The molecule has 5 aliphatic rings. The van der Waals surface area contributed by atoms with Crippen molar-refractivity contribution in [1.29, 1.82) is 5.26 Å². The minimum absolute atomic E-state index is 0.0889. The number of piperidine rings is 2. The standard InChI is InChI=1S/C50H42F2N8O6/c51-32-15-18-58(25-32)42-10-8-40(52)45(39(42)23-53)66-35-6-9-41-38(20-35)47(63)59(28-54-41)34-4-2-33(3-5-34)57-16-13-29(14-17-57)24-56-26-50(27-56)21-31(22-50)30-1-7-36-37(19-30)49(65)60(48(36)64)43-11-12-44(61)55-46(43)62/h1-10,15,18-20,25,28-29,31,43H,11-14,16-17,21-22,24,26-27H2,(H,55,61,62)/t43-/m1/s1. The highest BCUT2D eigenvalue weighted by Gasteiger charge is 2.53. The van der Waals surface area contributed by atoms with Gasteiger partial charge in [-0.1, -0.05) is 6.07 Å². The number of anilines is 1. The summed E-state index contributed by atoms with van der Waals surface area (Å²) >= 11 is 0. The summed E-state index contributed by atoms with van der Waals surface area (Å²) in [5, 5.41) is 12.4. The third kappa shape index (κ3) is 7.10. The Morgan fingerprint density at radius 2 is 1.61 bits per heavy atom. The first-order valence-corrected chi connectivity index (χ1v) is 22.1. The Labute approximate surface area is 376 Å². The molecule has 1 atom stereocenters. The second-order valence-electron chi connectivity index (χ2n) is 18.3. The number of imide groups is 2. The number of halogens is 2. The fraction of sp³-hybridized carbons (Fsp3) is 0.300. The zero-order chi connectivity index (χ0) is 45.4. The topological polar surface area (TPSA) is 163 Å². The number of carbonyl (C=O) groups excluding carboxylic acids is 4. The van der Waals surface area contributed by atoms with Crippen LogP contribution in [-0.4, -0.2) is 86.3 Å². The number of ether oxygens (including phenoxy) is 1. The number of rotatable bonds is 9. The van der Waals surface area contributed by atoms with Crippen LogP contribution in [0.5, 0.6) is 11.5 Å². The molecule has 14 nitrogen and oxygen atoms in total. The molecule has 4 amide bonds. The first-order chi connectivity index (χ1) is 31.9. The van der Waals surface area contributed by atoms with Gasteiger partial charge in [0, 0.05) is 57.2 Å². The summed E-state index contributed by atoms with van der Waals surface area (Å²) < 4.78 is 37.5. The Balaban J connectivity index is 0.680. The van der Waals surface area contributed by atoms with Crippen molar-refractivity contribution in [3.8, 4) is 28.9 Å². The van der Waals surface area contributed by atoms with Gasteiger partial charge in [-0.25, -0.2) is 13.8 Å². The minimum Gasteiger partial charge on any atom is -0.453 e. The average Bonchev–Trinajstić information content (AvgIpc) is 3.84. The molecule has 66 heavy (non-hydrogen) atoms. The van der Waals surface area contributed by atoms with Crippen molar-refractivity contribution in [2.45, 2.75) is 50.5 Å². The summed E-state index contributed by atoms with van der Waals surface area (Å²) in [6.45, 7) is 5.02. The number of aromatic nitrogens is 3. The number of hydrogen-bond donors (Lipinski definition) is 1. The predicted molar refractivity (Wildman–Crippen MR) is 237 cm³/mol. The van der Waals surface area contributed by atoms with Crippen LogP contribution in [0.15, 0.2) is 102 Å². The van der Waals surface area contributed by atoms with E-state index in [9.17, 15) is 33.6 Å². The number of nitrogens with zero attached hydrogens (tertiary/aromatic N) is 7. The van der Waals surface area contributed by atoms with Crippen molar-refractivity contribution >= 4 is 40.2 Å². The molecule has 4 fully saturated rings. The van der Waals surface area contributed by atoms with Crippen LogP contribution in [0.4, 0.5) is 14.5 Å². The summed E-state index contributed by atoms with van der Waals surface area (Å²) in [5.74, 6) is -2.56. The van der Waals surface area contributed by atoms with Gasteiger partial charge in [-0.05, 0) is 128 Å². The quantitative estimate of drug-likeness (QED) is 0.156. The van der Waals surface area contributed by atoms with Crippen LogP contribution in [0, 0.1) is 34.3 Å². The normalized spacial score (nSPS) is 19.7. The van der Waals surface area contributed by atoms with Gasteiger partial charge in [-0.15, -0.1) is 0 Å². The lowest BCUT2D eigenvalue weighted by Gasteiger charge is -2.60. The summed E-state index contributed by atoms with van der Waals surface area (Å²) in [4.78, 5) is 74.9. The fourth-order valence-electron chi connectivity index (χ4n) is 10.8. The van der Waals surface area contributed by atoms with Crippen molar-refractivity contribution in [3.63, 3.8) is 0 Å². The highest BCUT2D eigenvalue weighted by Crippen LogP contribution is 2.56. The SMILES string of the molecule is N#Cc1c(-n2ccc(F)c2)ccc(F)c1Oc1ccc2ncn(-c3ccc(N4CCC(CN5CC6(CC(c7ccc8c(c7)C(=O)N([C@@H]7CCC(=O)NC7=O)C8=O)C6)C5)CC4)cc3)c(=O)c2c1. The summed E-state index contributed by atoms with van der Waals surface area (Å²) in [7, 11) is 0. The Bertz CT molecular complexity index is 3120. The smallest absolute Gasteiger partial charge is 0.265 e. The maximum atomic E-state index is 15.1. The molecule has 16 heteroatoms. The molecule has 1 aliphatic carbocycles. The number of likely N-dealkylation sites (tertiary alicyclic amines) is 1. The van der Waals surface area contributed by atoms with Crippen molar-refractivity contribution < 1.29 is 32.7 Å². The van der Waals surface area contributed by atoms with Crippen LogP contribution in [0.2, 0.25) is 0 Å². The monoisotopic (exact) mass is 888 g/mol. The molecule has 6 heterocycles. The summed E-state index contributed by atoms with van der Waals surface area (Å²) in [6.07, 6.45) is 8.50. The molecule has 0 radical (unpaired) electrons. The van der Waals surface area contributed by atoms with E-state index in [1.54, 1.807) is 18.2 Å². The van der Waals surface area contributed by atoms with E-state index in [-0.39, 0.29) is 52.0 Å². The average molecular weight is 889 g/mol. The lowest BCUT2D eigenvalue weighted by Crippen LogP contribution is -2.62. The van der Waals surface area contributed by atoms with E-state index in [1.807, 2.05) is 42.5 Å². The van der Waals surface area contributed by atoms with E-state index >= 15 is 4.39 Å². The third-order valence-corrected chi connectivity index (χ3v) is 14.1. The number of nitrogens with one attached hydrogen (secondary N) is 1. The molecule has 11 rings (SSSR count). The Kier molecular flexibility index (Phi) is 9.91. The highest BCUT2D eigenvalue weighted by atomic mass is 19.1. The first kappa shape index (κ1) is 41.2. The molecule has 6 aromatic rings. The second kappa shape index (κ2) is 15.9. The van der Waals surface area contributed by atoms with Gasteiger partial charge >= 0.3 is 0 Å². The van der Waals surface area contributed by atoms with E-state index in [1.165, 1.54) is 46.1 Å². The zero-order valence-electron chi connectivity index (χ0n) is 35.6. The summed E-state index contributed by atoms with van der Waals surface area (Å²) in [5.41, 5.74) is 3.86. The number of amides is 4. The van der Waals surface area contributed by atoms with E-state index in [4.69, 9.17) is 4.74 Å². The van der Waals surface area contributed by atoms with Crippen LogP contribution < -0.4 is 20.5 Å². The van der Waals surface area contributed by atoms with E-state index < -0.39 is 41.3 Å². The van der Waals surface area contributed by atoms with E-state index in [2.05, 4.69) is 20.1 Å². The fourth-order valence-corrected chi connectivity index (χ4v) is 10.8. The van der Waals surface area contributed by atoms with Crippen LogP contribution in [-0.2, 0) is 9.59 Å². The third-order valence-electron chi connectivity index (χ3n) is 14.1. The minimum atomic E-state index is -0.971. The van der Waals surface area contributed by atoms with Gasteiger partial charge < -0.3 is 19.1 Å². The van der Waals surface area contributed by atoms with Crippen molar-refractivity contribution in [3.05, 3.63) is 142 Å². The molecule has 4 aliphatic heterocycles. The van der Waals surface area contributed by atoms with Gasteiger partial charge in [-0.2, -0.15) is 5.26 Å². The van der Waals surface area contributed by atoms with Crippen LogP contribution in [0.3, 0.4) is 0 Å². The molecule has 2 aromatic heterocycles. The number of fused-ring (bicyclic) bond motifs is 2. The first-order valence-electron chi connectivity index (χ1n) is 22.1. The molecule has 4 aromatic carbocycles. The molecule has 1 saturated carbocycles.